The fraction of sp³-hybridized carbons (Fsp3) is 0.409. The molecule has 1 saturated heterocycles. The normalized spacial score (nSPS) is 25.9. The molecule has 1 aliphatic heterocycles. The van der Waals surface area contributed by atoms with Gasteiger partial charge in [-0.25, -0.2) is 9.36 Å². The van der Waals surface area contributed by atoms with E-state index in [0.717, 1.165) is 4.57 Å². The van der Waals surface area contributed by atoms with Gasteiger partial charge < -0.3 is 29.9 Å². The number of carbonyl (C=O) groups is 1. The van der Waals surface area contributed by atoms with Crippen molar-refractivity contribution in [2.45, 2.75) is 43.9 Å². The lowest BCUT2D eigenvalue weighted by atomic mass is 9.96. The lowest BCUT2D eigenvalue weighted by Gasteiger charge is -2.27. The van der Waals surface area contributed by atoms with E-state index in [2.05, 4.69) is 16.0 Å². The van der Waals surface area contributed by atoms with Crippen molar-refractivity contribution < 1.29 is 38.1 Å². The third kappa shape index (κ3) is 6.30. The summed E-state index contributed by atoms with van der Waals surface area (Å²) in [5.41, 5.74) is 2.73. The Morgan fingerprint density at radius 1 is 1.42 bits per heavy atom. The third-order valence-electron chi connectivity index (χ3n) is 5.24. The van der Waals surface area contributed by atoms with Crippen molar-refractivity contribution in [3.8, 4) is 18.1 Å². The smallest absolute Gasteiger partial charge is 0.451 e. The average Bonchev–Trinajstić information content (AvgIpc) is 3.05. The van der Waals surface area contributed by atoms with Gasteiger partial charge in [-0.05, 0) is 32.0 Å². The maximum absolute atomic E-state index is 13.6. The van der Waals surface area contributed by atoms with E-state index >= 15 is 0 Å². The van der Waals surface area contributed by atoms with Crippen LogP contribution < -0.4 is 21.0 Å². The molecule has 6 atom stereocenters. The van der Waals surface area contributed by atoms with Crippen LogP contribution in [0.5, 0.6) is 5.75 Å². The molecule has 1 fully saturated rings. The van der Waals surface area contributed by atoms with E-state index in [4.69, 9.17) is 30.7 Å². The number of terminal acetylenes is 1. The van der Waals surface area contributed by atoms with E-state index in [-0.39, 0.29) is 18.2 Å². The summed E-state index contributed by atoms with van der Waals surface area (Å²) in [7, 11) is -4.28. The number of hydrogen-bond acceptors (Lipinski definition) is 11. The van der Waals surface area contributed by atoms with Gasteiger partial charge in [0.1, 0.15) is 35.4 Å². The van der Waals surface area contributed by atoms with E-state index in [1.165, 1.54) is 38.2 Å². The van der Waals surface area contributed by atoms with Gasteiger partial charge in [0.05, 0.1) is 6.61 Å². The van der Waals surface area contributed by atoms with Crippen molar-refractivity contribution in [2.75, 3.05) is 18.9 Å². The van der Waals surface area contributed by atoms with E-state index in [1.54, 1.807) is 18.2 Å². The van der Waals surface area contributed by atoms with Crippen LogP contribution in [0.3, 0.4) is 0 Å². The number of anilines is 1. The Morgan fingerprint density at radius 3 is 2.75 bits per heavy atom. The molecule has 0 bridgehead atoms. The summed E-state index contributed by atoms with van der Waals surface area (Å²) in [6.45, 7) is 1.78. The van der Waals surface area contributed by atoms with E-state index in [1.807, 2.05) is 0 Å². The molecule has 0 saturated carbocycles. The fourth-order valence-corrected chi connectivity index (χ4v) is 4.89. The molecule has 1 unspecified atom stereocenters. The largest absolute Gasteiger partial charge is 0.459 e. The molecule has 2 heterocycles. The zero-order valence-electron chi connectivity index (χ0n) is 19.5. The monoisotopic (exact) mass is 522 g/mol. The van der Waals surface area contributed by atoms with Crippen LogP contribution in [-0.4, -0.2) is 62.8 Å². The molecule has 2 aromatic rings. The summed E-state index contributed by atoms with van der Waals surface area (Å²) in [5.74, 6) is 1.48. The standard InChI is InChI=1S/C22H27N4O9P/c1-4-12-32-19(28)14(2)25-36(31,35-15-8-6-5-7-9-15)33-13-16-18(27)22(3,30)20(34-16)26-11-10-17(23)24-21(26)29/h1,5-11,14,16,18,20,27,30H,12-13H2,2-3H3,(H,25,31)(H2,23,24,29)/t14-,16+,18+,20+,22+,36?/m0/s1. The molecule has 14 heteroatoms. The number of nitrogens with two attached hydrogens (primary N) is 1. The highest BCUT2D eigenvalue weighted by atomic mass is 31.2. The number of aliphatic hydroxyl groups excluding tert-OH is 1. The Bertz CT molecular complexity index is 1210. The number of aliphatic hydroxyl groups is 2. The minimum Gasteiger partial charge on any atom is -0.451 e. The topological polar surface area (TPSA) is 184 Å². The van der Waals surface area contributed by atoms with Crippen molar-refractivity contribution >= 4 is 19.5 Å². The van der Waals surface area contributed by atoms with E-state index in [9.17, 15) is 24.4 Å². The summed E-state index contributed by atoms with van der Waals surface area (Å²) in [6.07, 6.45) is 2.16. The van der Waals surface area contributed by atoms with E-state index < -0.39 is 56.1 Å². The molecule has 36 heavy (non-hydrogen) atoms. The molecule has 1 aliphatic rings. The molecule has 1 aromatic carbocycles. The lowest BCUT2D eigenvalue weighted by molar-refractivity contribution is -0.143. The molecule has 0 radical (unpaired) electrons. The van der Waals surface area contributed by atoms with Crippen LogP contribution >= 0.6 is 7.75 Å². The van der Waals surface area contributed by atoms with Crippen molar-refractivity contribution in [3.63, 3.8) is 0 Å². The molecule has 0 spiro atoms. The van der Waals surface area contributed by atoms with Crippen LogP contribution in [0.25, 0.3) is 0 Å². The zero-order chi connectivity index (χ0) is 26.5. The van der Waals surface area contributed by atoms with Crippen molar-refractivity contribution in [2.24, 2.45) is 0 Å². The van der Waals surface area contributed by atoms with Gasteiger partial charge in [0.15, 0.2) is 12.8 Å². The number of rotatable bonds is 10. The number of nitrogen functional groups attached to an aromatic ring is 1. The predicted molar refractivity (Wildman–Crippen MR) is 126 cm³/mol. The summed E-state index contributed by atoms with van der Waals surface area (Å²) in [5, 5.41) is 24.0. The number of hydrogen-bond donors (Lipinski definition) is 4. The number of benzene rings is 1. The number of nitrogens with one attached hydrogen (secondary N) is 1. The van der Waals surface area contributed by atoms with Gasteiger partial charge in [-0.15, -0.1) is 6.42 Å². The average molecular weight is 522 g/mol. The molecule has 5 N–H and O–H groups in total. The summed E-state index contributed by atoms with van der Waals surface area (Å²) >= 11 is 0. The highest BCUT2D eigenvalue weighted by molar-refractivity contribution is 7.52. The van der Waals surface area contributed by atoms with Gasteiger partial charge in [0.2, 0.25) is 0 Å². The minimum absolute atomic E-state index is 0.0331. The number of para-hydroxylation sites is 1. The first-order valence-electron chi connectivity index (χ1n) is 10.7. The summed E-state index contributed by atoms with van der Waals surface area (Å²) < 4.78 is 36.1. The molecule has 1 aromatic heterocycles. The predicted octanol–water partition coefficient (Wildman–Crippen LogP) is 0.193. The molecule has 13 nitrogen and oxygen atoms in total. The third-order valence-corrected chi connectivity index (χ3v) is 6.88. The van der Waals surface area contributed by atoms with Gasteiger partial charge in [0, 0.05) is 6.20 Å². The fourth-order valence-electron chi connectivity index (χ4n) is 3.39. The number of ether oxygens (including phenoxy) is 2. The Morgan fingerprint density at radius 2 is 2.11 bits per heavy atom. The number of carbonyl (C=O) groups excluding carboxylic acids is 1. The van der Waals surface area contributed by atoms with Crippen LogP contribution in [0.1, 0.15) is 20.1 Å². The Kier molecular flexibility index (Phi) is 8.52. The van der Waals surface area contributed by atoms with Crippen molar-refractivity contribution in [1.29, 1.82) is 0 Å². The number of nitrogens with zero attached hydrogens (tertiary/aromatic N) is 2. The van der Waals surface area contributed by atoms with E-state index in [0.29, 0.717) is 0 Å². The zero-order valence-corrected chi connectivity index (χ0v) is 20.4. The summed E-state index contributed by atoms with van der Waals surface area (Å²) in [6, 6.07) is 8.18. The number of aromatic nitrogens is 2. The first kappa shape index (κ1) is 27.3. The Labute approximate surface area is 206 Å². The van der Waals surface area contributed by atoms with Crippen LogP contribution in [0.4, 0.5) is 5.82 Å². The summed E-state index contributed by atoms with van der Waals surface area (Å²) in [4.78, 5) is 28.0. The Balaban J connectivity index is 1.79. The lowest BCUT2D eigenvalue weighted by Crippen LogP contribution is -2.46. The maximum Gasteiger partial charge on any atom is 0.459 e. The van der Waals surface area contributed by atoms with Crippen molar-refractivity contribution in [3.05, 3.63) is 53.1 Å². The van der Waals surface area contributed by atoms with Crippen LogP contribution in [-0.2, 0) is 23.4 Å². The van der Waals surface area contributed by atoms with Crippen LogP contribution in [0, 0.1) is 12.3 Å². The first-order valence-corrected chi connectivity index (χ1v) is 12.3. The second kappa shape index (κ2) is 11.2. The first-order chi connectivity index (χ1) is 17.0. The molecule has 0 amide bonds. The Hall–Kier alpha value is -3.24. The second-order valence-corrected chi connectivity index (χ2v) is 9.79. The molecule has 0 aliphatic carbocycles. The SMILES string of the molecule is C#CCOC(=O)[C@H](C)NP(=O)(OC[C@H]1O[C@@H](n2ccc(N)nc2=O)[C@](C)(O)[C@@H]1O)Oc1ccccc1. The van der Waals surface area contributed by atoms with Gasteiger partial charge in [-0.3, -0.25) is 13.9 Å². The second-order valence-electron chi connectivity index (χ2n) is 8.10. The van der Waals surface area contributed by atoms with Gasteiger partial charge >= 0.3 is 19.4 Å². The highest BCUT2D eigenvalue weighted by Crippen LogP contribution is 2.46. The van der Waals surface area contributed by atoms with Gasteiger partial charge in [-0.2, -0.15) is 10.1 Å². The molecular weight excluding hydrogens is 495 g/mol. The van der Waals surface area contributed by atoms with Crippen LogP contribution in [0.2, 0.25) is 0 Å². The maximum atomic E-state index is 13.6. The minimum atomic E-state index is -4.28. The van der Waals surface area contributed by atoms with Crippen LogP contribution in [0.15, 0.2) is 47.4 Å². The quantitative estimate of drug-likeness (QED) is 0.189. The van der Waals surface area contributed by atoms with Crippen molar-refractivity contribution in [1.82, 2.24) is 14.6 Å². The molecule has 194 valence electrons. The highest BCUT2D eigenvalue weighted by Gasteiger charge is 2.54. The molecular formula is C22H27N4O9P. The van der Waals surface area contributed by atoms with Gasteiger partial charge in [-0.1, -0.05) is 24.1 Å². The molecule has 3 rings (SSSR count). The number of esters is 1. The van der Waals surface area contributed by atoms with Gasteiger partial charge in [0.25, 0.3) is 0 Å².